The minimum Gasteiger partial charge on any atom is -0.379 e. The van der Waals surface area contributed by atoms with E-state index in [4.69, 9.17) is 10.5 Å². The quantitative estimate of drug-likeness (QED) is 0.653. The molecule has 160 valence electrons. The van der Waals surface area contributed by atoms with Crippen molar-refractivity contribution >= 4 is 11.9 Å². The average molecular weight is 412 g/mol. The van der Waals surface area contributed by atoms with E-state index < -0.39 is 6.03 Å². The number of nitrogens with one attached hydrogen (secondary N) is 1. The Balaban J connectivity index is 1.63. The first-order chi connectivity index (χ1) is 14.6. The lowest BCUT2D eigenvalue weighted by atomic mass is 10.1. The minimum atomic E-state index is -0.570. The van der Waals surface area contributed by atoms with Crippen molar-refractivity contribution in [2.45, 2.75) is 19.5 Å². The molecule has 3 N–H and O–H groups in total. The number of hydrogen-bond donors (Lipinski definition) is 2. The molecular weight excluding hydrogens is 382 g/mol. The average Bonchev–Trinajstić information content (AvgIpc) is 2.78. The molecule has 2 aromatic rings. The van der Waals surface area contributed by atoms with Crippen LogP contribution >= 0.6 is 0 Å². The predicted octanol–water partition coefficient (Wildman–Crippen LogP) is 1.61. The van der Waals surface area contributed by atoms with Gasteiger partial charge in [0.05, 0.1) is 13.2 Å². The maximum atomic E-state index is 13.2. The molecule has 1 aromatic carbocycles. The highest BCUT2D eigenvalue weighted by Gasteiger charge is 2.17. The number of carbonyl (C=O) groups excluding carboxylic acids is 2. The van der Waals surface area contributed by atoms with Crippen molar-refractivity contribution in [3.63, 3.8) is 0 Å². The van der Waals surface area contributed by atoms with Crippen LogP contribution in [0.25, 0.3) is 0 Å². The van der Waals surface area contributed by atoms with Gasteiger partial charge >= 0.3 is 6.03 Å². The molecule has 30 heavy (non-hydrogen) atoms. The van der Waals surface area contributed by atoms with E-state index in [2.05, 4.69) is 15.2 Å². The summed E-state index contributed by atoms with van der Waals surface area (Å²) in [4.78, 5) is 32.4. The van der Waals surface area contributed by atoms with Crippen molar-refractivity contribution in [1.29, 1.82) is 0 Å². The summed E-state index contributed by atoms with van der Waals surface area (Å²) in [5.41, 5.74) is 7.67. The maximum absolute atomic E-state index is 13.2. The predicted molar refractivity (Wildman–Crippen MR) is 114 cm³/mol. The van der Waals surface area contributed by atoms with Crippen LogP contribution < -0.4 is 11.1 Å². The first-order valence-electron chi connectivity index (χ1n) is 10.2. The van der Waals surface area contributed by atoms with Gasteiger partial charge in [-0.1, -0.05) is 12.1 Å². The van der Waals surface area contributed by atoms with Crippen molar-refractivity contribution in [2.75, 3.05) is 39.4 Å². The van der Waals surface area contributed by atoms with Gasteiger partial charge in [-0.05, 0) is 41.8 Å². The van der Waals surface area contributed by atoms with Gasteiger partial charge < -0.3 is 20.7 Å². The van der Waals surface area contributed by atoms with E-state index in [1.807, 2.05) is 29.2 Å². The molecule has 2 heterocycles. The summed E-state index contributed by atoms with van der Waals surface area (Å²) < 4.78 is 5.40. The monoisotopic (exact) mass is 411 g/mol. The van der Waals surface area contributed by atoms with Gasteiger partial charge in [0, 0.05) is 57.2 Å². The number of hydrogen-bond acceptors (Lipinski definition) is 5. The summed E-state index contributed by atoms with van der Waals surface area (Å²) in [6, 6.07) is 10.5. The maximum Gasteiger partial charge on any atom is 0.312 e. The number of nitrogens with two attached hydrogens (primary N) is 1. The standard InChI is InChI=1S/C22H29N5O3/c23-22(29)25-16-18-2-4-20(5-3-18)21(28)27(17-19-6-8-24-9-7-19)11-1-10-26-12-14-30-15-13-26/h2-9H,1,10-17H2,(H3,23,25,29). The first-order valence-corrected chi connectivity index (χ1v) is 10.2. The van der Waals surface area contributed by atoms with Crippen molar-refractivity contribution in [1.82, 2.24) is 20.1 Å². The third-order valence-electron chi connectivity index (χ3n) is 5.08. The highest BCUT2D eigenvalue weighted by atomic mass is 16.5. The third-order valence-corrected chi connectivity index (χ3v) is 5.08. The highest BCUT2D eigenvalue weighted by Crippen LogP contribution is 2.12. The Hall–Kier alpha value is -2.97. The van der Waals surface area contributed by atoms with E-state index in [-0.39, 0.29) is 5.91 Å². The molecule has 0 radical (unpaired) electrons. The Morgan fingerprint density at radius 1 is 1.07 bits per heavy atom. The fraction of sp³-hybridized carbons (Fsp3) is 0.409. The second-order valence-electron chi connectivity index (χ2n) is 7.30. The SMILES string of the molecule is NC(=O)NCc1ccc(C(=O)N(CCCN2CCOCC2)Cc2ccncc2)cc1. The molecule has 1 aliphatic heterocycles. The van der Waals surface area contributed by atoms with Crippen LogP contribution in [0.5, 0.6) is 0 Å². The second kappa shape index (κ2) is 11.3. The Morgan fingerprint density at radius 3 is 2.43 bits per heavy atom. The zero-order valence-electron chi connectivity index (χ0n) is 17.1. The van der Waals surface area contributed by atoms with E-state index in [9.17, 15) is 9.59 Å². The smallest absolute Gasteiger partial charge is 0.312 e. The topological polar surface area (TPSA) is 101 Å². The van der Waals surface area contributed by atoms with Gasteiger partial charge in [0.1, 0.15) is 0 Å². The molecule has 8 nitrogen and oxygen atoms in total. The number of primary amides is 1. The van der Waals surface area contributed by atoms with Crippen LogP contribution in [-0.4, -0.2) is 66.1 Å². The molecule has 1 aliphatic rings. The van der Waals surface area contributed by atoms with Crippen molar-refractivity contribution in [3.8, 4) is 0 Å². The minimum absolute atomic E-state index is 0.0109. The zero-order valence-corrected chi connectivity index (χ0v) is 17.1. The fourth-order valence-corrected chi connectivity index (χ4v) is 3.41. The lowest BCUT2D eigenvalue weighted by molar-refractivity contribution is 0.0355. The van der Waals surface area contributed by atoms with Crippen LogP contribution in [0.2, 0.25) is 0 Å². The summed E-state index contributed by atoms with van der Waals surface area (Å²) in [7, 11) is 0. The molecule has 0 atom stereocenters. The van der Waals surface area contributed by atoms with Gasteiger partial charge in [0.25, 0.3) is 5.91 Å². The summed E-state index contributed by atoms with van der Waals surface area (Å²) >= 11 is 0. The van der Waals surface area contributed by atoms with E-state index in [1.165, 1.54) is 0 Å². The molecule has 0 spiro atoms. The molecule has 0 saturated carbocycles. The van der Waals surface area contributed by atoms with Crippen LogP contribution in [0.15, 0.2) is 48.8 Å². The first kappa shape index (κ1) is 21.7. The number of urea groups is 1. The Labute approximate surface area is 177 Å². The molecule has 1 saturated heterocycles. The van der Waals surface area contributed by atoms with E-state index in [0.717, 1.165) is 50.4 Å². The molecule has 0 bridgehead atoms. The second-order valence-corrected chi connectivity index (χ2v) is 7.30. The molecular formula is C22H29N5O3. The summed E-state index contributed by atoms with van der Waals surface area (Å²) in [5.74, 6) is -0.0109. The van der Waals surface area contributed by atoms with Crippen LogP contribution in [0.3, 0.4) is 0 Å². The molecule has 3 rings (SSSR count). The van der Waals surface area contributed by atoms with Crippen LogP contribution in [-0.2, 0) is 17.8 Å². The number of nitrogens with zero attached hydrogens (tertiary/aromatic N) is 3. The largest absolute Gasteiger partial charge is 0.379 e. The number of amides is 3. The van der Waals surface area contributed by atoms with Gasteiger partial charge in [-0.25, -0.2) is 4.79 Å². The number of ether oxygens (including phenoxy) is 1. The number of aromatic nitrogens is 1. The Bertz CT molecular complexity index is 807. The lowest BCUT2D eigenvalue weighted by Gasteiger charge is -2.28. The van der Waals surface area contributed by atoms with Gasteiger partial charge in [-0.15, -0.1) is 0 Å². The molecule has 0 aliphatic carbocycles. The number of benzene rings is 1. The highest BCUT2D eigenvalue weighted by molar-refractivity contribution is 5.94. The van der Waals surface area contributed by atoms with Crippen LogP contribution in [0.1, 0.15) is 27.9 Å². The summed E-state index contributed by atoms with van der Waals surface area (Å²) in [5, 5.41) is 2.55. The van der Waals surface area contributed by atoms with Gasteiger partial charge in [0.2, 0.25) is 0 Å². The zero-order chi connectivity index (χ0) is 21.2. The number of pyridine rings is 1. The Kier molecular flexibility index (Phi) is 8.17. The molecule has 8 heteroatoms. The number of carbonyl (C=O) groups is 2. The van der Waals surface area contributed by atoms with E-state index in [1.54, 1.807) is 24.5 Å². The third kappa shape index (κ3) is 6.82. The van der Waals surface area contributed by atoms with E-state index >= 15 is 0 Å². The van der Waals surface area contributed by atoms with Crippen molar-refractivity contribution in [2.24, 2.45) is 5.73 Å². The fourth-order valence-electron chi connectivity index (χ4n) is 3.41. The van der Waals surface area contributed by atoms with E-state index in [0.29, 0.717) is 25.2 Å². The number of rotatable bonds is 9. The normalized spacial score (nSPS) is 14.3. The number of morpholine rings is 1. The lowest BCUT2D eigenvalue weighted by Crippen LogP contribution is -2.39. The molecule has 1 fully saturated rings. The van der Waals surface area contributed by atoms with Gasteiger partial charge in [-0.2, -0.15) is 0 Å². The Morgan fingerprint density at radius 2 is 1.77 bits per heavy atom. The summed E-state index contributed by atoms with van der Waals surface area (Å²) in [6.07, 6.45) is 4.38. The van der Waals surface area contributed by atoms with Crippen LogP contribution in [0.4, 0.5) is 4.79 Å². The van der Waals surface area contributed by atoms with Crippen LogP contribution in [0, 0.1) is 0 Å². The van der Waals surface area contributed by atoms with Crippen molar-refractivity contribution in [3.05, 3.63) is 65.5 Å². The van der Waals surface area contributed by atoms with Gasteiger partial charge in [-0.3, -0.25) is 14.7 Å². The molecule has 1 aromatic heterocycles. The van der Waals surface area contributed by atoms with Gasteiger partial charge in [0.15, 0.2) is 0 Å². The summed E-state index contributed by atoms with van der Waals surface area (Å²) in [6.45, 7) is 5.93. The molecule has 0 unspecified atom stereocenters. The molecule has 3 amide bonds. The van der Waals surface area contributed by atoms with Crippen molar-refractivity contribution < 1.29 is 14.3 Å².